The Morgan fingerprint density at radius 2 is 1.95 bits per heavy atom. The lowest BCUT2D eigenvalue weighted by atomic mass is 10.2. The first-order valence-corrected chi connectivity index (χ1v) is 7.40. The van der Waals surface area contributed by atoms with Crippen molar-refractivity contribution in [2.75, 3.05) is 18.5 Å². The van der Waals surface area contributed by atoms with Crippen LogP contribution in [0.1, 0.15) is 5.56 Å². The van der Waals surface area contributed by atoms with Crippen molar-refractivity contribution < 1.29 is 14.2 Å². The van der Waals surface area contributed by atoms with Crippen molar-refractivity contribution in [2.45, 2.75) is 13.0 Å². The van der Waals surface area contributed by atoms with Gasteiger partial charge < -0.3 is 15.2 Å². The van der Waals surface area contributed by atoms with Gasteiger partial charge in [-0.15, -0.1) is 0 Å². The minimum atomic E-state index is -0.657. The number of halogens is 2. The van der Waals surface area contributed by atoms with Gasteiger partial charge in [0.25, 0.3) is 0 Å². The molecule has 112 valence electrons. The second kappa shape index (κ2) is 7.43. The van der Waals surface area contributed by atoms with Crippen molar-refractivity contribution in [3.63, 3.8) is 0 Å². The summed E-state index contributed by atoms with van der Waals surface area (Å²) in [7, 11) is 0. The van der Waals surface area contributed by atoms with Crippen LogP contribution >= 0.6 is 15.9 Å². The van der Waals surface area contributed by atoms with Crippen molar-refractivity contribution in [1.82, 2.24) is 0 Å². The molecule has 0 heterocycles. The molecule has 0 saturated carbocycles. The smallest absolute Gasteiger partial charge is 0.123 e. The number of hydrogen-bond donors (Lipinski definition) is 2. The van der Waals surface area contributed by atoms with Gasteiger partial charge in [-0.25, -0.2) is 4.39 Å². The number of benzene rings is 2. The molecule has 0 radical (unpaired) electrons. The summed E-state index contributed by atoms with van der Waals surface area (Å²) in [5.74, 6) is 0.225. The first kappa shape index (κ1) is 15.8. The molecular formula is C16H17BrFNO2. The molecule has 0 saturated heterocycles. The summed E-state index contributed by atoms with van der Waals surface area (Å²) in [6, 6.07) is 11.6. The third kappa shape index (κ3) is 5.02. The third-order valence-electron chi connectivity index (χ3n) is 2.97. The second-order valence-electron chi connectivity index (χ2n) is 4.76. The van der Waals surface area contributed by atoms with Crippen LogP contribution in [-0.2, 0) is 0 Å². The lowest BCUT2D eigenvalue weighted by molar-refractivity contribution is 0.117. The molecule has 0 bridgehead atoms. The van der Waals surface area contributed by atoms with Gasteiger partial charge in [-0.1, -0.05) is 22.0 Å². The summed E-state index contributed by atoms with van der Waals surface area (Å²) in [5.41, 5.74) is 2.08. The Kier molecular flexibility index (Phi) is 5.59. The summed E-state index contributed by atoms with van der Waals surface area (Å²) >= 11 is 3.46. The van der Waals surface area contributed by atoms with Gasteiger partial charge in [-0.3, -0.25) is 0 Å². The van der Waals surface area contributed by atoms with Crippen LogP contribution in [0.3, 0.4) is 0 Å². The van der Waals surface area contributed by atoms with E-state index in [1.54, 1.807) is 0 Å². The number of aliphatic hydroxyl groups excluding tert-OH is 1. The molecule has 0 fully saturated rings. The monoisotopic (exact) mass is 353 g/mol. The predicted molar refractivity (Wildman–Crippen MR) is 85.3 cm³/mol. The molecule has 21 heavy (non-hydrogen) atoms. The SMILES string of the molecule is Cc1ccc(NCC(O)COc2ccc(F)cc2)cc1Br. The first-order chi connectivity index (χ1) is 10.0. The maximum absolute atomic E-state index is 12.7. The zero-order valence-corrected chi connectivity index (χ0v) is 13.2. The van der Waals surface area contributed by atoms with Crippen molar-refractivity contribution >= 4 is 21.6 Å². The molecule has 3 nitrogen and oxygen atoms in total. The normalized spacial score (nSPS) is 12.0. The van der Waals surface area contributed by atoms with Crippen molar-refractivity contribution in [1.29, 1.82) is 0 Å². The van der Waals surface area contributed by atoms with Crippen LogP contribution in [0, 0.1) is 12.7 Å². The van der Waals surface area contributed by atoms with Gasteiger partial charge in [0.1, 0.15) is 24.3 Å². The summed E-state index contributed by atoms with van der Waals surface area (Å²) in [4.78, 5) is 0. The summed E-state index contributed by atoms with van der Waals surface area (Å²) in [5, 5.41) is 13.0. The van der Waals surface area contributed by atoms with Crippen molar-refractivity contribution in [2.24, 2.45) is 0 Å². The van der Waals surface area contributed by atoms with Gasteiger partial charge in [0.05, 0.1) is 0 Å². The van der Waals surface area contributed by atoms with Gasteiger partial charge in [0.2, 0.25) is 0 Å². The van der Waals surface area contributed by atoms with Crippen LogP contribution in [-0.4, -0.2) is 24.4 Å². The molecule has 2 rings (SSSR count). The molecule has 0 aliphatic carbocycles. The molecule has 0 aromatic heterocycles. The Bertz CT molecular complexity index is 589. The summed E-state index contributed by atoms with van der Waals surface area (Å²) in [6.45, 7) is 2.53. The molecular weight excluding hydrogens is 337 g/mol. The van der Waals surface area contributed by atoms with Gasteiger partial charge in [-0.05, 0) is 48.9 Å². The molecule has 0 aliphatic rings. The van der Waals surface area contributed by atoms with E-state index < -0.39 is 6.10 Å². The Morgan fingerprint density at radius 3 is 2.62 bits per heavy atom. The van der Waals surface area contributed by atoms with Gasteiger partial charge >= 0.3 is 0 Å². The van der Waals surface area contributed by atoms with Crippen LogP contribution in [0.15, 0.2) is 46.9 Å². The van der Waals surface area contributed by atoms with E-state index in [-0.39, 0.29) is 12.4 Å². The van der Waals surface area contributed by atoms with E-state index in [0.29, 0.717) is 12.3 Å². The number of rotatable bonds is 6. The number of hydrogen-bond acceptors (Lipinski definition) is 3. The quantitative estimate of drug-likeness (QED) is 0.830. The van der Waals surface area contributed by atoms with Crippen LogP contribution in [0.5, 0.6) is 5.75 Å². The molecule has 1 atom stereocenters. The van der Waals surface area contributed by atoms with Crippen LogP contribution in [0.25, 0.3) is 0 Å². The van der Waals surface area contributed by atoms with E-state index in [0.717, 1.165) is 15.7 Å². The molecule has 0 aliphatic heterocycles. The minimum Gasteiger partial charge on any atom is -0.491 e. The molecule has 2 N–H and O–H groups in total. The highest BCUT2D eigenvalue weighted by Gasteiger charge is 2.06. The van der Waals surface area contributed by atoms with Crippen LogP contribution in [0.2, 0.25) is 0 Å². The van der Waals surface area contributed by atoms with Gasteiger partial charge in [-0.2, -0.15) is 0 Å². The largest absolute Gasteiger partial charge is 0.491 e. The van der Waals surface area contributed by atoms with E-state index in [1.165, 1.54) is 24.3 Å². The zero-order valence-electron chi connectivity index (χ0n) is 11.6. The lowest BCUT2D eigenvalue weighted by Gasteiger charge is -2.14. The summed E-state index contributed by atoms with van der Waals surface area (Å²) in [6.07, 6.45) is -0.657. The van der Waals surface area contributed by atoms with Crippen LogP contribution < -0.4 is 10.1 Å². The number of nitrogens with one attached hydrogen (secondary N) is 1. The Labute approximate surface area is 131 Å². The van der Waals surface area contributed by atoms with Crippen molar-refractivity contribution in [3.05, 3.63) is 58.3 Å². The van der Waals surface area contributed by atoms with Gasteiger partial charge in [0.15, 0.2) is 0 Å². The van der Waals surface area contributed by atoms with Crippen LogP contribution in [0.4, 0.5) is 10.1 Å². The zero-order chi connectivity index (χ0) is 15.2. The standard InChI is InChI=1S/C16H17BrFNO2/c1-11-2-5-13(8-16(11)17)19-9-14(20)10-21-15-6-3-12(18)4-7-15/h2-8,14,19-20H,9-10H2,1H3. The topological polar surface area (TPSA) is 41.5 Å². The average molecular weight is 354 g/mol. The fourth-order valence-electron chi connectivity index (χ4n) is 1.72. The van der Waals surface area contributed by atoms with E-state index in [2.05, 4.69) is 21.2 Å². The maximum atomic E-state index is 12.7. The van der Waals surface area contributed by atoms with Crippen molar-refractivity contribution in [3.8, 4) is 5.75 Å². The number of aryl methyl sites for hydroxylation is 1. The average Bonchev–Trinajstić information content (AvgIpc) is 2.48. The lowest BCUT2D eigenvalue weighted by Crippen LogP contribution is -2.26. The number of ether oxygens (including phenoxy) is 1. The minimum absolute atomic E-state index is 0.145. The van der Waals surface area contributed by atoms with E-state index in [1.807, 2.05) is 25.1 Å². The highest BCUT2D eigenvalue weighted by atomic mass is 79.9. The molecule has 0 spiro atoms. The van der Waals surface area contributed by atoms with E-state index in [9.17, 15) is 9.50 Å². The molecule has 2 aromatic carbocycles. The van der Waals surface area contributed by atoms with Gasteiger partial charge in [0, 0.05) is 16.7 Å². The summed E-state index contributed by atoms with van der Waals surface area (Å²) < 4.78 is 19.1. The van der Waals surface area contributed by atoms with E-state index >= 15 is 0 Å². The maximum Gasteiger partial charge on any atom is 0.123 e. The number of aliphatic hydroxyl groups is 1. The fourth-order valence-corrected chi connectivity index (χ4v) is 2.10. The molecule has 1 unspecified atom stereocenters. The third-order valence-corrected chi connectivity index (χ3v) is 3.82. The highest BCUT2D eigenvalue weighted by molar-refractivity contribution is 9.10. The van der Waals surface area contributed by atoms with E-state index in [4.69, 9.17) is 4.74 Å². The highest BCUT2D eigenvalue weighted by Crippen LogP contribution is 2.20. The number of anilines is 1. The Balaban J connectivity index is 1.77. The Hall–Kier alpha value is -1.59. The fraction of sp³-hybridized carbons (Fsp3) is 0.250. The first-order valence-electron chi connectivity index (χ1n) is 6.61. The molecule has 2 aromatic rings. The molecule has 5 heteroatoms. The molecule has 0 amide bonds. The second-order valence-corrected chi connectivity index (χ2v) is 5.62. The predicted octanol–water partition coefficient (Wildman–Crippen LogP) is 3.75. The Morgan fingerprint density at radius 1 is 1.24 bits per heavy atom.